The Balaban J connectivity index is 1.95. The summed E-state index contributed by atoms with van der Waals surface area (Å²) in [5.74, 6) is -1.03. The van der Waals surface area contributed by atoms with Crippen LogP contribution in [0.25, 0.3) is 0 Å². The van der Waals surface area contributed by atoms with Crippen molar-refractivity contribution in [2.75, 3.05) is 23.8 Å². The molecule has 0 radical (unpaired) electrons. The van der Waals surface area contributed by atoms with E-state index >= 15 is 0 Å². The van der Waals surface area contributed by atoms with E-state index in [2.05, 4.69) is 5.32 Å². The van der Waals surface area contributed by atoms with Crippen molar-refractivity contribution in [3.05, 3.63) is 89.0 Å². The number of carbonyl (C=O) groups excluding carboxylic acids is 2. The van der Waals surface area contributed by atoms with Gasteiger partial charge in [0.25, 0.3) is 15.9 Å². The average Bonchev–Trinajstić information content (AvgIpc) is 2.79. The molecule has 166 valence electrons. The zero-order chi connectivity index (χ0) is 23.5. The lowest BCUT2D eigenvalue weighted by molar-refractivity contribution is 0.0600. The molecule has 1 amide bonds. The van der Waals surface area contributed by atoms with Crippen LogP contribution in [0.4, 0.5) is 11.4 Å². The lowest BCUT2D eigenvalue weighted by Gasteiger charge is -2.22. The molecule has 7 nitrogen and oxygen atoms in total. The van der Waals surface area contributed by atoms with Gasteiger partial charge in [-0.2, -0.15) is 0 Å². The summed E-state index contributed by atoms with van der Waals surface area (Å²) in [6.45, 7) is 3.66. The van der Waals surface area contributed by atoms with Gasteiger partial charge >= 0.3 is 5.97 Å². The Morgan fingerprint density at radius 2 is 1.59 bits per heavy atom. The fraction of sp³-hybridized carbons (Fsp3) is 0.167. The number of benzene rings is 3. The van der Waals surface area contributed by atoms with Gasteiger partial charge in [0.05, 0.1) is 28.8 Å². The third-order valence-electron chi connectivity index (χ3n) is 5.07. The lowest BCUT2D eigenvalue weighted by Crippen LogP contribution is -2.29. The normalized spacial score (nSPS) is 11.0. The van der Waals surface area contributed by atoms with Crippen LogP contribution in [-0.2, 0) is 14.8 Å². The minimum Gasteiger partial charge on any atom is -0.465 e. The second kappa shape index (κ2) is 9.23. The number of sulfonamides is 1. The minimum atomic E-state index is -3.88. The van der Waals surface area contributed by atoms with Crippen LogP contribution in [0, 0.1) is 13.8 Å². The van der Waals surface area contributed by atoms with E-state index in [1.807, 2.05) is 6.92 Å². The molecule has 0 aliphatic rings. The van der Waals surface area contributed by atoms with Crippen LogP contribution in [-0.4, -0.2) is 34.5 Å². The highest BCUT2D eigenvalue weighted by molar-refractivity contribution is 7.92. The second-order valence-electron chi connectivity index (χ2n) is 7.28. The highest BCUT2D eigenvalue weighted by atomic mass is 32.2. The van der Waals surface area contributed by atoms with Gasteiger partial charge in [0.15, 0.2) is 0 Å². The predicted octanol–water partition coefficient (Wildman–Crippen LogP) is 4.17. The molecule has 3 aromatic rings. The molecule has 8 heteroatoms. The predicted molar refractivity (Wildman–Crippen MR) is 124 cm³/mol. The molecule has 0 heterocycles. The SMILES string of the molecule is COC(=O)c1ccc(C)c(NC(=O)c2ccccc2N(C)S(=O)(=O)c2ccc(C)cc2)c1. The molecule has 0 aromatic heterocycles. The number of amides is 1. The highest BCUT2D eigenvalue weighted by Gasteiger charge is 2.25. The summed E-state index contributed by atoms with van der Waals surface area (Å²) >= 11 is 0. The molecule has 3 rings (SSSR count). The fourth-order valence-corrected chi connectivity index (χ4v) is 4.34. The zero-order valence-electron chi connectivity index (χ0n) is 18.2. The first kappa shape index (κ1) is 23.0. The molecular weight excluding hydrogens is 428 g/mol. The van der Waals surface area contributed by atoms with Crippen molar-refractivity contribution < 1.29 is 22.7 Å². The maximum absolute atomic E-state index is 13.1. The van der Waals surface area contributed by atoms with E-state index in [0.717, 1.165) is 15.4 Å². The van der Waals surface area contributed by atoms with E-state index in [-0.39, 0.29) is 16.1 Å². The number of aryl methyl sites for hydroxylation is 2. The number of nitrogens with one attached hydrogen (secondary N) is 1. The Labute approximate surface area is 187 Å². The number of ether oxygens (including phenoxy) is 1. The summed E-state index contributed by atoms with van der Waals surface area (Å²) in [5.41, 5.74) is 2.80. The van der Waals surface area contributed by atoms with Gasteiger partial charge in [0.1, 0.15) is 0 Å². The number of rotatable bonds is 6. The van der Waals surface area contributed by atoms with Crippen LogP contribution in [0.1, 0.15) is 31.8 Å². The number of hydrogen-bond donors (Lipinski definition) is 1. The number of esters is 1. The summed E-state index contributed by atoms with van der Waals surface area (Å²) in [6.07, 6.45) is 0. The Kier molecular flexibility index (Phi) is 6.64. The van der Waals surface area contributed by atoms with Gasteiger partial charge in [-0.3, -0.25) is 9.10 Å². The zero-order valence-corrected chi connectivity index (χ0v) is 19.1. The first-order valence-electron chi connectivity index (χ1n) is 9.80. The smallest absolute Gasteiger partial charge is 0.337 e. The molecule has 3 aromatic carbocycles. The molecule has 1 N–H and O–H groups in total. The first-order valence-corrected chi connectivity index (χ1v) is 11.2. The van der Waals surface area contributed by atoms with Gasteiger partial charge in [0.2, 0.25) is 0 Å². The number of para-hydroxylation sites is 1. The van der Waals surface area contributed by atoms with Gasteiger partial charge in [-0.05, 0) is 55.8 Å². The summed E-state index contributed by atoms with van der Waals surface area (Å²) in [6, 6.07) is 17.8. The van der Waals surface area contributed by atoms with Crippen molar-refractivity contribution in [2.45, 2.75) is 18.7 Å². The topological polar surface area (TPSA) is 92.8 Å². The van der Waals surface area contributed by atoms with Crippen molar-refractivity contribution in [1.82, 2.24) is 0 Å². The first-order chi connectivity index (χ1) is 15.1. The quantitative estimate of drug-likeness (QED) is 0.567. The van der Waals surface area contributed by atoms with Crippen molar-refractivity contribution in [3.63, 3.8) is 0 Å². The molecule has 0 unspecified atom stereocenters. The number of anilines is 2. The van der Waals surface area contributed by atoms with E-state index < -0.39 is 21.9 Å². The molecule has 0 saturated heterocycles. The van der Waals surface area contributed by atoms with Gasteiger partial charge in [-0.15, -0.1) is 0 Å². The van der Waals surface area contributed by atoms with Crippen LogP contribution in [0.2, 0.25) is 0 Å². The summed E-state index contributed by atoms with van der Waals surface area (Å²) in [5, 5.41) is 2.77. The number of nitrogens with zero attached hydrogens (tertiary/aromatic N) is 1. The maximum atomic E-state index is 13.1. The molecule has 0 atom stereocenters. The van der Waals surface area contributed by atoms with E-state index in [9.17, 15) is 18.0 Å². The van der Waals surface area contributed by atoms with Crippen LogP contribution in [0.5, 0.6) is 0 Å². The van der Waals surface area contributed by atoms with Crippen LogP contribution in [0.3, 0.4) is 0 Å². The third-order valence-corrected chi connectivity index (χ3v) is 6.86. The number of carbonyl (C=O) groups is 2. The van der Waals surface area contributed by atoms with Crippen molar-refractivity contribution in [1.29, 1.82) is 0 Å². The van der Waals surface area contributed by atoms with Gasteiger partial charge < -0.3 is 10.1 Å². The van der Waals surface area contributed by atoms with Crippen LogP contribution in [0.15, 0.2) is 71.6 Å². The van der Waals surface area contributed by atoms with Crippen LogP contribution >= 0.6 is 0 Å². The van der Waals surface area contributed by atoms with E-state index in [1.165, 1.54) is 32.4 Å². The Morgan fingerprint density at radius 1 is 0.938 bits per heavy atom. The van der Waals surface area contributed by atoms with Crippen molar-refractivity contribution >= 4 is 33.3 Å². The molecular formula is C24H24N2O5S. The molecule has 0 spiro atoms. The van der Waals surface area contributed by atoms with E-state index in [4.69, 9.17) is 4.74 Å². The summed E-state index contributed by atoms with van der Waals surface area (Å²) in [4.78, 5) is 25.1. The largest absolute Gasteiger partial charge is 0.465 e. The van der Waals surface area contributed by atoms with E-state index in [1.54, 1.807) is 55.5 Å². The maximum Gasteiger partial charge on any atom is 0.337 e. The molecule has 32 heavy (non-hydrogen) atoms. The van der Waals surface area contributed by atoms with Gasteiger partial charge in [-0.25, -0.2) is 13.2 Å². The number of hydrogen-bond acceptors (Lipinski definition) is 5. The lowest BCUT2D eigenvalue weighted by atomic mass is 10.1. The minimum absolute atomic E-state index is 0.127. The standard InChI is InChI=1S/C24H24N2O5S/c1-16-9-13-19(14-10-16)32(29,30)26(3)22-8-6-5-7-20(22)23(27)25-21-15-18(24(28)31-4)12-11-17(21)2/h5-15H,1-4H3,(H,25,27). The van der Waals surface area contributed by atoms with Gasteiger partial charge in [0, 0.05) is 12.7 Å². The average molecular weight is 453 g/mol. The molecule has 0 aliphatic heterocycles. The number of methoxy groups -OCH3 is 1. The van der Waals surface area contributed by atoms with Gasteiger partial charge in [-0.1, -0.05) is 35.9 Å². The Morgan fingerprint density at radius 3 is 2.25 bits per heavy atom. The van der Waals surface area contributed by atoms with Crippen molar-refractivity contribution in [3.8, 4) is 0 Å². The summed E-state index contributed by atoms with van der Waals surface area (Å²) in [7, 11) is -1.19. The molecule has 0 bridgehead atoms. The third kappa shape index (κ3) is 4.65. The molecule has 0 saturated carbocycles. The second-order valence-corrected chi connectivity index (χ2v) is 9.25. The monoisotopic (exact) mass is 452 g/mol. The summed E-state index contributed by atoms with van der Waals surface area (Å²) < 4.78 is 32.1. The Hall–Kier alpha value is -3.65. The molecule has 0 fully saturated rings. The molecule has 0 aliphatic carbocycles. The Bertz CT molecular complexity index is 1270. The van der Waals surface area contributed by atoms with E-state index in [0.29, 0.717) is 11.3 Å². The fourth-order valence-electron chi connectivity index (χ4n) is 3.13. The highest BCUT2D eigenvalue weighted by Crippen LogP contribution is 2.27. The van der Waals surface area contributed by atoms with Crippen molar-refractivity contribution in [2.24, 2.45) is 0 Å². The van der Waals surface area contributed by atoms with Crippen LogP contribution < -0.4 is 9.62 Å².